The Hall–Kier alpha value is -3.21. The number of ether oxygens (including phenoxy) is 1. The second kappa shape index (κ2) is 9.14. The zero-order valence-electron chi connectivity index (χ0n) is 24.1. The lowest BCUT2D eigenvalue weighted by molar-refractivity contribution is -0.318. The monoisotopic (exact) mass is 561 g/mol. The van der Waals surface area contributed by atoms with Crippen LogP contribution in [0.2, 0.25) is 0 Å². The third-order valence-electron chi connectivity index (χ3n) is 9.92. The van der Waals surface area contributed by atoms with Gasteiger partial charge in [0.1, 0.15) is 12.1 Å². The first-order valence-corrected chi connectivity index (χ1v) is 15.0. The molecule has 3 saturated heterocycles. The number of carbonyl (C=O) groups excluding carboxylic acids is 3. The van der Waals surface area contributed by atoms with Crippen molar-refractivity contribution in [1.29, 1.82) is 0 Å². The molecule has 1 aromatic carbocycles. The highest BCUT2D eigenvalue weighted by Crippen LogP contribution is 2.47. The molecule has 5 aliphatic rings. The van der Waals surface area contributed by atoms with Crippen LogP contribution in [0.15, 0.2) is 30.5 Å². The summed E-state index contributed by atoms with van der Waals surface area (Å²) in [5.41, 5.74) is 2.84. The van der Waals surface area contributed by atoms with Gasteiger partial charge in [0.25, 0.3) is 11.8 Å². The molecule has 6 unspecified atom stereocenters. The first-order valence-electron chi connectivity index (χ1n) is 15.0. The van der Waals surface area contributed by atoms with Crippen molar-refractivity contribution >= 4 is 34.2 Å². The van der Waals surface area contributed by atoms with Gasteiger partial charge in [-0.15, -0.1) is 0 Å². The van der Waals surface area contributed by atoms with E-state index in [1.54, 1.807) is 11.8 Å². The largest absolute Gasteiger partial charge is 0.361 e. The number of likely N-dealkylation sites (N-methyl/N-ethyl adjacent to an activating group) is 1. The van der Waals surface area contributed by atoms with E-state index in [1.807, 2.05) is 33.0 Å². The Morgan fingerprint density at radius 1 is 1.29 bits per heavy atom. The molecule has 5 heterocycles. The highest BCUT2D eigenvalue weighted by molar-refractivity contribution is 6.01. The molecule has 0 bridgehead atoms. The van der Waals surface area contributed by atoms with E-state index in [4.69, 9.17) is 4.74 Å². The van der Waals surface area contributed by atoms with Crippen LogP contribution in [-0.2, 0) is 25.5 Å². The Balaban J connectivity index is 1.22. The molecule has 6 atom stereocenters. The molecule has 2 aromatic rings. The summed E-state index contributed by atoms with van der Waals surface area (Å²) in [5.74, 6) is -3.42. The number of hydrogen-bond acceptors (Lipinski definition) is 6. The molecule has 10 nitrogen and oxygen atoms in total. The Morgan fingerprint density at radius 2 is 2.10 bits per heavy atom. The van der Waals surface area contributed by atoms with Gasteiger partial charge in [-0.3, -0.25) is 28.9 Å². The molecule has 0 saturated carbocycles. The molecule has 7 rings (SSSR count). The van der Waals surface area contributed by atoms with Crippen LogP contribution < -0.4 is 5.32 Å². The van der Waals surface area contributed by atoms with E-state index in [2.05, 4.69) is 33.5 Å². The summed E-state index contributed by atoms with van der Waals surface area (Å²) >= 11 is 0. The smallest absolute Gasteiger partial charge is 0.280 e. The Labute approximate surface area is 239 Å². The van der Waals surface area contributed by atoms with Crippen molar-refractivity contribution < 1.29 is 24.2 Å². The molecular formula is C31H39N5O5. The second-order valence-electron chi connectivity index (χ2n) is 12.9. The summed E-state index contributed by atoms with van der Waals surface area (Å²) in [7, 11) is 2.03. The summed E-state index contributed by atoms with van der Waals surface area (Å²) in [6, 6.07) is 4.86. The van der Waals surface area contributed by atoms with Crippen molar-refractivity contribution in [2.24, 2.45) is 11.8 Å². The van der Waals surface area contributed by atoms with Crippen LogP contribution in [0.25, 0.3) is 16.5 Å². The number of nitrogens with zero attached hydrogens (tertiary/aromatic N) is 3. The van der Waals surface area contributed by atoms with Gasteiger partial charge in [0.05, 0.1) is 5.92 Å². The van der Waals surface area contributed by atoms with Crippen LogP contribution in [0.4, 0.5) is 0 Å². The molecule has 41 heavy (non-hydrogen) atoms. The quantitative estimate of drug-likeness (QED) is 0.515. The molecule has 1 aliphatic carbocycles. The highest BCUT2D eigenvalue weighted by Gasteiger charge is 2.70. The SMILES string of the molecule is CCC1(NC(=O)C2C=C3c4cccc5[nH]cc(c45)CC3N(C)C2)OC2(O)C3CCCN3C(=O)C(CC(C)C)N2C1=O. The lowest BCUT2D eigenvalue weighted by Crippen LogP contribution is -2.71. The summed E-state index contributed by atoms with van der Waals surface area (Å²) in [6.45, 7) is 6.75. The van der Waals surface area contributed by atoms with Crippen LogP contribution in [-0.4, -0.2) is 92.4 Å². The summed E-state index contributed by atoms with van der Waals surface area (Å²) in [6.07, 6.45) is 6.76. The van der Waals surface area contributed by atoms with Crippen molar-refractivity contribution in [2.45, 2.75) is 82.6 Å². The normalized spacial score (nSPS) is 34.6. The number of aliphatic hydroxyl groups is 1. The number of amides is 3. The minimum atomic E-state index is -1.99. The average molecular weight is 562 g/mol. The zero-order valence-corrected chi connectivity index (χ0v) is 24.1. The second-order valence-corrected chi connectivity index (χ2v) is 12.9. The van der Waals surface area contributed by atoms with Crippen molar-refractivity contribution in [3.8, 4) is 0 Å². The zero-order chi connectivity index (χ0) is 28.8. The minimum absolute atomic E-state index is 0.115. The predicted molar refractivity (Wildman–Crippen MR) is 152 cm³/mol. The number of fused-ring (bicyclic) bond motifs is 5. The molecule has 0 spiro atoms. The van der Waals surface area contributed by atoms with Gasteiger partial charge in [-0.05, 0) is 61.4 Å². The fourth-order valence-corrected chi connectivity index (χ4v) is 7.96. The maximum atomic E-state index is 14.2. The summed E-state index contributed by atoms with van der Waals surface area (Å²) < 4.78 is 6.32. The van der Waals surface area contributed by atoms with E-state index in [0.717, 1.165) is 29.5 Å². The molecule has 218 valence electrons. The summed E-state index contributed by atoms with van der Waals surface area (Å²) in [4.78, 5) is 50.2. The average Bonchev–Trinajstić information content (AvgIpc) is 3.65. The number of H-pyrrole nitrogens is 1. The van der Waals surface area contributed by atoms with Gasteiger partial charge < -0.3 is 20.3 Å². The first kappa shape index (κ1) is 26.7. The van der Waals surface area contributed by atoms with Crippen LogP contribution in [0, 0.1) is 11.8 Å². The van der Waals surface area contributed by atoms with E-state index >= 15 is 0 Å². The molecule has 10 heteroatoms. The summed E-state index contributed by atoms with van der Waals surface area (Å²) in [5, 5.41) is 16.2. The van der Waals surface area contributed by atoms with Crippen LogP contribution in [0.1, 0.15) is 57.6 Å². The number of benzene rings is 1. The van der Waals surface area contributed by atoms with Crippen molar-refractivity contribution in [3.05, 3.63) is 41.6 Å². The number of rotatable bonds is 5. The van der Waals surface area contributed by atoms with Gasteiger partial charge in [-0.2, -0.15) is 0 Å². The topological polar surface area (TPSA) is 118 Å². The van der Waals surface area contributed by atoms with Gasteiger partial charge in [-0.1, -0.05) is 39.0 Å². The van der Waals surface area contributed by atoms with E-state index < -0.39 is 35.5 Å². The van der Waals surface area contributed by atoms with Gasteiger partial charge >= 0.3 is 0 Å². The molecule has 3 amide bonds. The third-order valence-corrected chi connectivity index (χ3v) is 9.92. The van der Waals surface area contributed by atoms with Crippen LogP contribution >= 0.6 is 0 Å². The molecule has 1 aromatic heterocycles. The standard InChI is InChI=1S/C31H39N5O5/c1-5-30(29(39)36-24(12-17(2)3)28(38)35-11-7-10-25(35)31(36,40)41-30)33-27(37)19-13-21-20-8-6-9-22-26(20)18(15-32-22)14-23(21)34(4)16-19/h6,8-9,13,15,17,19,23-25,32,40H,5,7,10-12,14,16H2,1-4H3,(H,33,37). The third kappa shape index (κ3) is 3.69. The van der Waals surface area contributed by atoms with E-state index in [1.165, 1.54) is 15.8 Å². The molecule has 4 aliphatic heterocycles. The fourth-order valence-electron chi connectivity index (χ4n) is 7.96. The number of carbonyl (C=O) groups is 3. The molecule has 0 radical (unpaired) electrons. The van der Waals surface area contributed by atoms with Crippen molar-refractivity contribution in [2.75, 3.05) is 20.1 Å². The van der Waals surface area contributed by atoms with Gasteiger partial charge in [0, 0.05) is 42.7 Å². The van der Waals surface area contributed by atoms with Gasteiger partial charge in [-0.25, -0.2) is 0 Å². The van der Waals surface area contributed by atoms with E-state index in [0.29, 0.717) is 25.9 Å². The van der Waals surface area contributed by atoms with Crippen molar-refractivity contribution in [1.82, 2.24) is 25.0 Å². The van der Waals surface area contributed by atoms with Crippen LogP contribution in [0.5, 0.6) is 0 Å². The Morgan fingerprint density at radius 3 is 2.85 bits per heavy atom. The number of piperazine rings is 1. The number of hydrogen-bond donors (Lipinski definition) is 3. The Kier molecular flexibility index (Phi) is 5.95. The first-order chi connectivity index (χ1) is 19.6. The van der Waals surface area contributed by atoms with Gasteiger partial charge in [0.15, 0.2) is 0 Å². The maximum absolute atomic E-state index is 14.2. The van der Waals surface area contributed by atoms with E-state index in [-0.39, 0.29) is 30.2 Å². The van der Waals surface area contributed by atoms with Crippen LogP contribution in [0.3, 0.4) is 0 Å². The maximum Gasteiger partial charge on any atom is 0.280 e. The number of aromatic amines is 1. The van der Waals surface area contributed by atoms with Gasteiger partial charge in [0.2, 0.25) is 17.5 Å². The van der Waals surface area contributed by atoms with E-state index in [9.17, 15) is 19.5 Å². The van der Waals surface area contributed by atoms with Crippen molar-refractivity contribution in [3.63, 3.8) is 0 Å². The molecular weight excluding hydrogens is 522 g/mol. The molecule has 3 fully saturated rings. The number of aromatic nitrogens is 1. The lowest BCUT2D eigenvalue weighted by atomic mass is 9.79. The number of nitrogens with one attached hydrogen (secondary N) is 2. The molecule has 3 N–H and O–H groups in total. The Bertz CT molecular complexity index is 1480. The highest BCUT2D eigenvalue weighted by atomic mass is 16.7. The lowest BCUT2D eigenvalue weighted by Gasteiger charge is -2.49. The fraction of sp³-hybridized carbons (Fsp3) is 0.581. The minimum Gasteiger partial charge on any atom is -0.361 e. The predicted octanol–water partition coefficient (Wildman–Crippen LogP) is 2.18.